The molecule has 3 aromatic carbocycles. The molecule has 11 nitrogen and oxygen atoms in total. The van der Waals surface area contributed by atoms with Gasteiger partial charge in [0.25, 0.3) is 0 Å². The highest BCUT2D eigenvalue weighted by atomic mass is 16.5. The summed E-state index contributed by atoms with van der Waals surface area (Å²) in [7, 11) is 0. The molecular formula is C30H35N5O6. The Labute approximate surface area is 238 Å². The maximum Gasteiger partial charge on any atom is 0.408 e. The average molecular weight is 562 g/mol. The number of alkyl carbamates (subject to hydrolysis) is 1. The van der Waals surface area contributed by atoms with E-state index in [4.69, 9.17) is 20.9 Å². The second kappa shape index (κ2) is 16.1. The number of nitrogens with zero attached hydrogens (tertiary/aromatic N) is 1. The highest BCUT2D eigenvalue weighted by Crippen LogP contribution is 2.16. The van der Waals surface area contributed by atoms with Crippen molar-refractivity contribution >= 4 is 23.9 Å². The van der Waals surface area contributed by atoms with Gasteiger partial charge in [-0.15, -0.1) is 0 Å². The van der Waals surface area contributed by atoms with Gasteiger partial charge < -0.3 is 36.7 Å². The van der Waals surface area contributed by atoms with Crippen molar-refractivity contribution in [3.63, 3.8) is 0 Å². The normalized spacial score (nSPS) is 11.9. The van der Waals surface area contributed by atoms with Crippen LogP contribution < -0.4 is 26.8 Å². The van der Waals surface area contributed by atoms with Crippen LogP contribution in [0.2, 0.25) is 0 Å². The van der Waals surface area contributed by atoms with Crippen LogP contribution in [0.5, 0.6) is 5.75 Å². The van der Waals surface area contributed by atoms with Crippen molar-refractivity contribution in [2.45, 2.75) is 44.6 Å². The van der Waals surface area contributed by atoms with E-state index in [1.807, 2.05) is 48.5 Å². The maximum atomic E-state index is 13.2. The van der Waals surface area contributed by atoms with Crippen LogP contribution in [0, 0.1) is 0 Å². The molecule has 0 aliphatic rings. The van der Waals surface area contributed by atoms with Gasteiger partial charge in [-0.25, -0.2) is 9.59 Å². The molecular weight excluding hydrogens is 526 g/mol. The monoisotopic (exact) mass is 561 g/mol. The van der Waals surface area contributed by atoms with Gasteiger partial charge in [0.2, 0.25) is 5.91 Å². The fraction of sp³-hybridized carbons (Fsp3) is 0.267. The Morgan fingerprint density at radius 2 is 1.39 bits per heavy atom. The van der Waals surface area contributed by atoms with Gasteiger partial charge in [-0.3, -0.25) is 9.79 Å². The number of carbonyl (C=O) groups is 3. The lowest BCUT2D eigenvalue weighted by Gasteiger charge is -2.21. The van der Waals surface area contributed by atoms with Crippen LogP contribution in [-0.4, -0.2) is 47.7 Å². The molecule has 0 unspecified atom stereocenters. The minimum absolute atomic E-state index is 0.0109. The van der Waals surface area contributed by atoms with Gasteiger partial charge in [0.1, 0.15) is 31.0 Å². The van der Waals surface area contributed by atoms with Crippen LogP contribution in [0.3, 0.4) is 0 Å². The number of aliphatic imine (C=N–C) groups is 1. The minimum atomic E-state index is -1.21. The van der Waals surface area contributed by atoms with Crippen molar-refractivity contribution in [1.82, 2.24) is 10.6 Å². The lowest BCUT2D eigenvalue weighted by Crippen LogP contribution is -2.52. The number of aliphatic carboxylic acids is 1. The SMILES string of the molecule is NC(N)=NCCC[C@@H](NC(=O)[C@H](Cc1ccc(OCc2ccccc2)cc1)NC(=O)OCc1ccccc1)C(=O)O. The zero-order chi connectivity index (χ0) is 29.5. The second-order valence-electron chi connectivity index (χ2n) is 9.23. The van der Waals surface area contributed by atoms with E-state index in [9.17, 15) is 19.5 Å². The fourth-order valence-electron chi connectivity index (χ4n) is 3.85. The Morgan fingerprint density at radius 3 is 1.98 bits per heavy atom. The number of carboxylic acid groups (broad SMARTS) is 1. The Bertz CT molecular complexity index is 1280. The zero-order valence-corrected chi connectivity index (χ0v) is 22.6. The van der Waals surface area contributed by atoms with E-state index in [1.54, 1.807) is 36.4 Å². The van der Waals surface area contributed by atoms with E-state index in [0.717, 1.165) is 16.7 Å². The molecule has 0 fully saturated rings. The van der Waals surface area contributed by atoms with Crippen molar-refractivity contribution in [2.24, 2.45) is 16.5 Å². The molecule has 41 heavy (non-hydrogen) atoms. The summed E-state index contributed by atoms with van der Waals surface area (Å²) < 4.78 is 11.1. The molecule has 0 radical (unpaired) electrons. The number of guanidine groups is 1. The van der Waals surface area contributed by atoms with Gasteiger partial charge in [0.05, 0.1) is 0 Å². The van der Waals surface area contributed by atoms with Crippen LogP contribution >= 0.6 is 0 Å². The Morgan fingerprint density at radius 1 is 0.780 bits per heavy atom. The van der Waals surface area contributed by atoms with E-state index in [2.05, 4.69) is 15.6 Å². The molecule has 0 bridgehead atoms. The Kier molecular flexibility index (Phi) is 12.0. The molecule has 0 spiro atoms. The molecule has 216 valence electrons. The number of hydrogen-bond donors (Lipinski definition) is 5. The van der Waals surface area contributed by atoms with Crippen molar-refractivity contribution in [3.8, 4) is 5.75 Å². The summed E-state index contributed by atoms with van der Waals surface area (Å²) in [5.41, 5.74) is 13.1. The molecule has 0 aliphatic carbocycles. The van der Waals surface area contributed by atoms with Crippen molar-refractivity contribution < 1.29 is 29.0 Å². The zero-order valence-electron chi connectivity index (χ0n) is 22.6. The number of carbonyl (C=O) groups excluding carboxylic acids is 2. The standard InChI is InChI=1S/C30H35N5O6/c31-29(32)33-17-7-12-25(28(37)38)34-27(36)26(35-30(39)41-20-23-10-5-2-6-11-23)18-21-13-15-24(16-14-21)40-19-22-8-3-1-4-9-22/h1-6,8-11,13-16,25-26H,7,12,17-20H2,(H,34,36)(H,35,39)(H,37,38)(H4,31,32,33)/t25-,26+/m1/s1. The van der Waals surface area contributed by atoms with E-state index >= 15 is 0 Å². The predicted octanol–water partition coefficient (Wildman–Crippen LogP) is 2.73. The van der Waals surface area contributed by atoms with Gasteiger partial charge >= 0.3 is 12.1 Å². The molecule has 2 amide bonds. The van der Waals surface area contributed by atoms with Crippen molar-refractivity contribution in [1.29, 1.82) is 0 Å². The summed E-state index contributed by atoms with van der Waals surface area (Å²) in [6, 6.07) is 23.6. The third kappa shape index (κ3) is 11.3. The molecule has 11 heteroatoms. The first-order valence-electron chi connectivity index (χ1n) is 13.1. The number of rotatable bonds is 15. The maximum absolute atomic E-state index is 13.2. The van der Waals surface area contributed by atoms with E-state index in [0.29, 0.717) is 18.8 Å². The van der Waals surface area contributed by atoms with Crippen LogP contribution in [0.1, 0.15) is 29.5 Å². The number of nitrogens with two attached hydrogens (primary N) is 2. The number of amides is 2. The summed E-state index contributed by atoms with van der Waals surface area (Å²) in [5.74, 6) is -1.34. The third-order valence-corrected chi connectivity index (χ3v) is 5.99. The summed E-state index contributed by atoms with van der Waals surface area (Å²) in [5, 5.41) is 14.7. The minimum Gasteiger partial charge on any atom is -0.489 e. The number of nitrogens with one attached hydrogen (secondary N) is 2. The van der Waals surface area contributed by atoms with Crippen molar-refractivity contribution in [2.75, 3.05) is 6.54 Å². The molecule has 0 aliphatic heterocycles. The number of ether oxygens (including phenoxy) is 2. The van der Waals surface area contributed by atoms with Gasteiger partial charge in [0, 0.05) is 13.0 Å². The van der Waals surface area contributed by atoms with E-state index < -0.39 is 30.1 Å². The van der Waals surface area contributed by atoms with Gasteiger partial charge in [-0.1, -0.05) is 72.8 Å². The second-order valence-corrected chi connectivity index (χ2v) is 9.23. The molecule has 2 atom stereocenters. The highest BCUT2D eigenvalue weighted by Gasteiger charge is 2.27. The first-order valence-corrected chi connectivity index (χ1v) is 13.1. The van der Waals surface area contributed by atoms with E-state index in [1.165, 1.54) is 0 Å². The smallest absolute Gasteiger partial charge is 0.408 e. The van der Waals surface area contributed by atoms with E-state index in [-0.39, 0.29) is 32.0 Å². The van der Waals surface area contributed by atoms with Crippen molar-refractivity contribution in [3.05, 3.63) is 102 Å². The summed E-state index contributed by atoms with van der Waals surface area (Å²) in [6.07, 6.45) is -0.296. The van der Waals surface area contributed by atoms with Crippen LogP contribution in [0.25, 0.3) is 0 Å². The van der Waals surface area contributed by atoms with Gasteiger partial charge in [-0.2, -0.15) is 0 Å². The lowest BCUT2D eigenvalue weighted by atomic mass is 10.0. The van der Waals surface area contributed by atoms with Gasteiger partial charge in [-0.05, 0) is 41.7 Å². The summed E-state index contributed by atoms with van der Waals surface area (Å²) >= 11 is 0. The Hall–Kier alpha value is -5.06. The number of carboxylic acids is 1. The summed E-state index contributed by atoms with van der Waals surface area (Å²) in [4.78, 5) is 41.4. The first kappa shape index (κ1) is 30.5. The first-order chi connectivity index (χ1) is 19.8. The molecule has 3 aromatic rings. The quantitative estimate of drug-likeness (QED) is 0.107. The lowest BCUT2D eigenvalue weighted by molar-refractivity contribution is -0.142. The largest absolute Gasteiger partial charge is 0.489 e. The fourth-order valence-corrected chi connectivity index (χ4v) is 3.85. The third-order valence-electron chi connectivity index (χ3n) is 5.99. The van der Waals surface area contributed by atoms with Crippen LogP contribution in [0.15, 0.2) is 89.9 Å². The van der Waals surface area contributed by atoms with Crippen LogP contribution in [-0.2, 0) is 34.0 Å². The van der Waals surface area contributed by atoms with Gasteiger partial charge in [0.15, 0.2) is 5.96 Å². The Balaban J connectivity index is 1.65. The molecule has 0 saturated heterocycles. The molecule has 3 rings (SSSR count). The molecule has 0 heterocycles. The van der Waals surface area contributed by atoms with Crippen LogP contribution in [0.4, 0.5) is 4.79 Å². The summed E-state index contributed by atoms with van der Waals surface area (Å²) in [6.45, 7) is 0.630. The molecule has 0 aromatic heterocycles. The number of benzene rings is 3. The molecule has 0 saturated carbocycles. The number of hydrogen-bond acceptors (Lipinski definition) is 6. The highest BCUT2D eigenvalue weighted by molar-refractivity contribution is 5.89. The molecule has 7 N–H and O–H groups in total. The topological polar surface area (TPSA) is 178 Å². The average Bonchev–Trinajstić information content (AvgIpc) is 2.97. The predicted molar refractivity (Wildman–Crippen MR) is 154 cm³/mol.